The second kappa shape index (κ2) is 7.77. The topological polar surface area (TPSA) is 71.0 Å². The van der Waals surface area contributed by atoms with Crippen LogP contribution >= 0.6 is 0 Å². The molecule has 1 saturated heterocycles. The van der Waals surface area contributed by atoms with Crippen molar-refractivity contribution in [3.8, 4) is 0 Å². The van der Waals surface area contributed by atoms with Gasteiger partial charge in [-0.2, -0.15) is 0 Å². The van der Waals surface area contributed by atoms with Gasteiger partial charge in [0.1, 0.15) is 5.60 Å². The van der Waals surface area contributed by atoms with Crippen LogP contribution in [0.5, 0.6) is 0 Å². The van der Waals surface area contributed by atoms with Crippen LogP contribution in [0.25, 0.3) is 0 Å². The Labute approximate surface area is 137 Å². The van der Waals surface area contributed by atoms with Gasteiger partial charge < -0.3 is 19.9 Å². The van der Waals surface area contributed by atoms with Gasteiger partial charge in [0.25, 0.3) is 0 Å². The molecule has 1 aliphatic rings. The van der Waals surface area contributed by atoms with E-state index in [0.29, 0.717) is 26.4 Å². The molecular formula is C17H26N2O4. The van der Waals surface area contributed by atoms with Crippen LogP contribution in [0.1, 0.15) is 26.3 Å². The first kappa shape index (κ1) is 17.7. The van der Waals surface area contributed by atoms with Crippen LogP contribution in [0.2, 0.25) is 0 Å². The summed E-state index contributed by atoms with van der Waals surface area (Å²) >= 11 is 0. The highest BCUT2D eigenvalue weighted by Crippen LogP contribution is 2.13. The summed E-state index contributed by atoms with van der Waals surface area (Å²) in [5.74, 6) is 0. The molecule has 2 rings (SSSR count). The number of rotatable bonds is 5. The van der Waals surface area contributed by atoms with Crippen molar-refractivity contribution in [3.05, 3.63) is 35.9 Å². The fourth-order valence-electron chi connectivity index (χ4n) is 2.44. The smallest absolute Gasteiger partial charge is 0.408 e. The molecule has 0 spiro atoms. The van der Waals surface area contributed by atoms with Crippen molar-refractivity contribution in [2.45, 2.75) is 45.1 Å². The number of hydrogen-bond acceptors (Lipinski definition) is 5. The average Bonchev–Trinajstić information content (AvgIpc) is 2.78. The number of aliphatic hydroxyl groups is 1. The van der Waals surface area contributed by atoms with Crippen molar-refractivity contribution in [2.24, 2.45) is 0 Å². The SMILES string of the molecule is CC(C)(C)OC(=O)NC1CN(COCc2ccccc2)CC1O. The molecule has 2 atom stereocenters. The molecule has 0 radical (unpaired) electrons. The first-order valence-electron chi connectivity index (χ1n) is 7.85. The Morgan fingerprint density at radius 3 is 2.65 bits per heavy atom. The molecule has 2 unspecified atom stereocenters. The molecule has 0 aromatic heterocycles. The summed E-state index contributed by atoms with van der Waals surface area (Å²) in [6.45, 7) is 7.37. The molecule has 2 N–H and O–H groups in total. The summed E-state index contributed by atoms with van der Waals surface area (Å²) in [7, 11) is 0. The standard InChI is InChI=1S/C17H26N2O4/c1-17(2,3)23-16(21)18-14-9-19(10-15(14)20)12-22-11-13-7-5-4-6-8-13/h4-8,14-15,20H,9-12H2,1-3H3,(H,18,21). The molecule has 0 saturated carbocycles. The van der Waals surface area contributed by atoms with Gasteiger partial charge in [0, 0.05) is 13.1 Å². The third-order valence-corrected chi connectivity index (χ3v) is 3.45. The zero-order valence-corrected chi connectivity index (χ0v) is 14.0. The monoisotopic (exact) mass is 322 g/mol. The summed E-state index contributed by atoms with van der Waals surface area (Å²) in [5.41, 5.74) is 0.558. The number of aliphatic hydroxyl groups excluding tert-OH is 1. The van der Waals surface area contributed by atoms with Gasteiger partial charge in [-0.05, 0) is 26.3 Å². The van der Waals surface area contributed by atoms with E-state index < -0.39 is 17.8 Å². The minimum atomic E-state index is -0.622. The number of carbonyl (C=O) groups is 1. The number of β-amino-alcohol motifs (C(OH)–C–C–N with tert-alkyl or cyclic N) is 1. The highest BCUT2D eigenvalue weighted by Gasteiger charge is 2.33. The quantitative estimate of drug-likeness (QED) is 0.864. The Balaban J connectivity index is 1.72. The molecule has 1 heterocycles. The van der Waals surface area contributed by atoms with E-state index in [4.69, 9.17) is 9.47 Å². The summed E-state index contributed by atoms with van der Waals surface area (Å²) < 4.78 is 10.9. The molecular weight excluding hydrogens is 296 g/mol. The lowest BCUT2D eigenvalue weighted by Gasteiger charge is -2.22. The number of benzene rings is 1. The van der Waals surface area contributed by atoms with Crippen LogP contribution < -0.4 is 5.32 Å². The Hall–Kier alpha value is -1.63. The number of ether oxygens (including phenoxy) is 2. The van der Waals surface area contributed by atoms with Gasteiger partial charge >= 0.3 is 6.09 Å². The van der Waals surface area contributed by atoms with Gasteiger partial charge in [0.2, 0.25) is 0 Å². The van der Waals surface area contributed by atoms with Gasteiger partial charge in [-0.3, -0.25) is 4.90 Å². The lowest BCUT2D eigenvalue weighted by molar-refractivity contribution is 0.0245. The fraction of sp³-hybridized carbons (Fsp3) is 0.588. The van der Waals surface area contributed by atoms with Gasteiger partial charge in [0.15, 0.2) is 0 Å². The minimum Gasteiger partial charge on any atom is -0.444 e. The second-order valence-corrected chi connectivity index (χ2v) is 6.82. The van der Waals surface area contributed by atoms with E-state index in [1.165, 1.54) is 0 Å². The van der Waals surface area contributed by atoms with Crippen LogP contribution in [0, 0.1) is 0 Å². The number of hydrogen-bond donors (Lipinski definition) is 2. The maximum absolute atomic E-state index is 11.8. The molecule has 6 heteroatoms. The lowest BCUT2D eigenvalue weighted by Crippen LogP contribution is -2.45. The van der Waals surface area contributed by atoms with Crippen molar-refractivity contribution in [1.29, 1.82) is 0 Å². The number of nitrogens with one attached hydrogen (secondary N) is 1. The zero-order valence-electron chi connectivity index (χ0n) is 14.0. The summed E-state index contributed by atoms with van der Waals surface area (Å²) in [6.07, 6.45) is -1.13. The van der Waals surface area contributed by atoms with Crippen LogP contribution in [0.15, 0.2) is 30.3 Å². The van der Waals surface area contributed by atoms with E-state index in [9.17, 15) is 9.90 Å². The third kappa shape index (κ3) is 6.17. The normalized spacial score (nSPS) is 22.1. The highest BCUT2D eigenvalue weighted by atomic mass is 16.6. The summed E-state index contributed by atoms with van der Waals surface area (Å²) in [4.78, 5) is 13.7. The molecule has 0 aliphatic carbocycles. The Morgan fingerprint density at radius 2 is 2.00 bits per heavy atom. The second-order valence-electron chi connectivity index (χ2n) is 6.82. The van der Waals surface area contributed by atoms with E-state index in [2.05, 4.69) is 5.32 Å². The Bertz CT molecular complexity index is 501. The molecule has 1 aromatic rings. The average molecular weight is 322 g/mol. The minimum absolute atomic E-state index is 0.342. The zero-order chi connectivity index (χ0) is 16.9. The number of likely N-dealkylation sites (tertiary alicyclic amines) is 1. The van der Waals surface area contributed by atoms with Crippen LogP contribution in [-0.4, -0.2) is 53.7 Å². The van der Waals surface area contributed by atoms with Crippen molar-refractivity contribution in [2.75, 3.05) is 19.8 Å². The van der Waals surface area contributed by atoms with Crippen molar-refractivity contribution in [3.63, 3.8) is 0 Å². The van der Waals surface area contributed by atoms with Gasteiger partial charge in [0.05, 0.1) is 25.5 Å². The number of carbonyl (C=O) groups excluding carboxylic acids is 1. The van der Waals surface area contributed by atoms with E-state index in [1.54, 1.807) is 20.8 Å². The molecule has 1 aliphatic heterocycles. The molecule has 128 valence electrons. The number of amides is 1. The van der Waals surface area contributed by atoms with Gasteiger partial charge in [-0.1, -0.05) is 30.3 Å². The molecule has 1 aromatic carbocycles. The van der Waals surface area contributed by atoms with E-state index in [1.807, 2.05) is 35.2 Å². The number of alkyl carbamates (subject to hydrolysis) is 1. The summed E-state index contributed by atoms with van der Waals surface area (Å²) in [5, 5.41) is 12.8. The van der Waals surface area contributed by atoms with Gasteiger partial charge in [-0.15, -0.1) is 0 Å². The predicted octanol–water partition coefficient (Wildman–Crippen LogP) is 1.73. The summed E-state index contributed by atoms with van der Waals surface area (Å²) in [6, 6.07) is 9.58. The van der Waals surface area contributed by atoms with Crippen LogP contribution in [-0.2, 0) is 16.1 Å². The Kier molecular flexibility index (Phi) is 5.98. The van der Waals surface area contributed by atoms with Crippen LogP contribution in [0.3, 0.4) is 0 Å². The maximum Gasteiger partial charge on any atom is 0.408 e. The van der Waals surface area contributed by atoms with Crippen molar-refractivity contribution >= 4 is 6.09 Å². The maximum atomic E-state index is 11.8. The fourth-order valence-corrected chi connectivity index (χ4v) is 2.44. The van der Waals surface area contributed by atoms with Gasteiger partial charge in [-0.25, -0.2) is 4.79 Å². The molecule has 6 nitrogen and oxygen atoms in total. The molecule has 1 fully saturated rings. The molecule has 23 heavy (non-hydrogen) atoms. The first-order chi connectivity index (χ1) is 10.8. The lowest BCUT2D eigenvalue weighted by atomic mass is 10.2. The molecule has 0 bridgehead atoms. The van der Waals surface area contributed by atoms with E-state index in [0.717, 1.165) is 5.56 Å². The third-order valence-electron chi connectivity index (χ3n) is 3.45. The van der Waals surface area contributed by atoms with Crippen molar-refractivity contribution < 1.29 is 19.4 Å². The first-order valence-corrected chi connectivity index (χ1v) is 7.85. The highest BCUT2D eigenvalue weighted by molar-refractivity contribution is 5.68. The number of nitrogens with zero attached hydrogens (tertiary/aromatic N) is 1. The van der Waals surface area contributed by atoms with Crippen molar-refractivity contribution in [1.82, 2.24) is 10.2 Å². The van der Waals surface area contributed by atoms with E-state index in [-0.39, 0.29) is 6.04 Å². The van der Waals surface area contributed by atoms with Crippen LogP contribution in [0.4, 0.5) is 4.79 Å². The molecule has 1 amide bonds. The Morgan fingerprint density at radius 1 is 1.30 bits per heavy atom. The van der Waals surface area contributed by atoms with E-state index >= 15 is 0 Å². The predicted molar refractivity (Wildman–Crippen MR) is 86.8 cm³/mol. The largest absolute Gasteiger partial charge is 0.444 e.